The molecule has 0 aliphatic carbocycles. The first kappa shape index (κ1) is 10.1. The van der Waals surface area contributed by atoms with Crippen molar-refractivity contribution in [2.24, 2.45) is 0 Å². The van der Waals surface area contributed by atoms with Crippen molar-refractivity contribution < 1.29 is 9.90 Å². The molecule has 1 N–H and O–H groups in total. The van der Waals surface area contributed by atoms with Crippen molar-refractivity contribution in [3.05, 3.63) is 40.9 Å². The molecule has 0 radical (unpaired) electrons. The normalized spacial score (nSPS) is 14.6. The van der Waals surface area contributed by atoms with Crippen molar-refractivity contribution in [1.82, 2.24) is 0 Å². The molecule has 1 aromatic carbocycles. The van der Waals surface area contributed by atoms with Crippen LogP contribution in [-0.2, 0) is 0 Å². The second-order valence-corrected chi connectivity index (χ2v) is 3.78. The maximum atomic E-state index is 11.0. The molecule has 0 fully saturated rings. The van der Waals surface area contributed by atoms with E-state index in [1.165, 1.54) is 0 Å². The Labute approximate surface area is 92.6 Å². The van der Waals surface area contributed by atoms with Gasteiger partial charge >= 0.3 is 5.97 Å². The van der Waals surface area contributed by atoms with E-state index in [2.05, 4.69) is 0 Å². The average Bonchev–Trinajstić information content (AvgIpc) is 2.69. The molecule has 15 heavy (non-hydrogen) atoms. The number of halogens is 1. The van der Waals surface area contributed by atoms with Gasteiger partial charge in [0.1, 0.15) is 0 Å². The largest absolute Gasteiger partial charge is 0.478 e. The van der Waals surface area contributed by atoms with Crippen LogP contribution in [0.2, 0.25) is 5.02 Å². The van der Waals surface area contributed by atoms with Gasteiger partial charge in [-0.15, -0.1) is 0 Å². The van der Waals surface area contributed by atoms with Crippen LogP contribution in [0.15, 0.2) is 30.4 Å². The number of nitrogens with zero attached hydrogens (tertiary/aromatic N) is 1. The summed E-state index contributed by atoms with van der Waals surface area (Å²) in [6.45, 7) is 1.47. The minimum atomic E-state index is -0.923. The highest BCUT2D eigenvalue weighted by Crippen LogP contribution is 2.26. The Balaban J connectivity index is 2.42. The summed E-state index contributed by atoms with van der Waals surface area (Å²) in [5.41, 5.74) is 0.975. The first-order valence-electron chi connectivity index (χ1n) is 4.61. The molecule has 78 valence electrons. The fraction of sp³-hybridized carbons (Fsp3) is 0.182. The second-order valence-electron chi connectivity index (χ2n) is 3.34. The number of carboxylic acids is 1. The molecule has 0 aromatic heterocycles. The van der Waals surface area contributed by atoms with Crippen LogP contribution < -0.4 is 4.90 Å². The number of rotatable bonds is 2. The lowest BCUT2D eigenvalue weighted by Crippen LogP contribution is -2.21. The van der Waals surface area contributed by atoms with Gasteiger partial charge in [0.25, 0.3) is 0 Å². The van der Waals surface area contributed by atoms with Crippen LogP contribution in [0.3, 0.4) is 0 Å². The lowest BCUT2D eigenvalue weighted by molar-refractivity contribution is 0.0697. The summed E-state index contributed by atoms with van der Waals surface area (Å²) < 4.78 is 0. The van der Waals surface area contributed by atoms with Crippen molar-refractivity contribution in [3.63, 3.8) is 0 Å². The molecule has 0 spiro atoms. The molecule has 0 saturated heterocycles. The third-order valence-electron chi connectivity index (χ3n) is 2.35. The van der Waals surface area contributed by atoms with Crippen LogP contribution in [0.4, 0.5) is 5.69 Å². The zero-order chi connectivity index (χ0) is 10.8. The minimum absolute atomic E-state index is 0.295. The standard InChI is InChI=1S/C11H10ClNO2/c12-8-3-4-9(11(14)15)10(7-8)13-5-1-2-6-13/h1-4,7H,5-6H2,(H,14,15). The summed E-state index contributed by atoms with van der Waals surface area (Å²) in [4.78, 5) is 13.0. The SMILES string of the molecule is O=C(O)c1ccc(Cl)cc1N1CC=CC1. The lowest BCUT2D eigenvalue weighted by Gasteiger charge is -2.19. The predicted octanol–water partition coefficient (Wildman–Crippen LogP) is 2.41. The molecule has 0 unspecified atom stereocenters. The van der Waals surface area contributed by atoms with E-state index in [0.29, 0.717) is 16.3 Å². The van der Waals surface area contributed by atoms with Gasteiger partial charge in [0.2, 0.25) is 0 Å². The molecule has 1 heterocycles. The minimum Gasteiger partial charge on any atom is -0.478 e. The molecule has 4 heteroatoms. The molecule has 0 atom stereocenters. The van der Waals surface area contributed by atoms with Gasteiger partial charge in [0, 0.05) is 18.1 Å². The van der Waals surface area contributed by atoms with Crippen LogP contribution in [0.25, 0.3) is 0 Å². The van der Waals surface area contributed by atoms with Crippen LogP contribution in [0, 0.1) is 0 Å². The van der Waals surface area contributed by atoms with E-state index in [9.17, 15) is 4.79 Å². The van der Waals surface area contributed by atoms with Gasteiger partial charge in [-0.2, -0.15) is 0 Å². The molecule has 2 rings (SSSR count). The Kier molecular flexibility index (Phi) is 2.64. The van der Waals surface area contributed by atoms with Gasteiger partial charge in [-0.05, 0) is 18.2 Å². The van der Waals surface area contributed by atoms with Gasteiger partial charge in [-0.25, -0.2) is 4.79 Å². The van der Waals surface area contributed by atoms with Gasteiger partial charge in [-0.1, -0.05) is 23.8 Å². The number of carboxylic acid groups (broad SMARTS) is 1. The number of aromatic carboxylic acids is 1. The van der Waals surface area contributed by atoms with Crippen LogP contribution >= 0.6 is 11.6 Å². The molecular weight excluding hydrogens is 214 g/mol. The number of benzene rings is 1. The quantitative estimate of drug-likeness (QED) is 0.783. The first-order valence-corrected chi connectivity index (χ1v) is 4.99. The van der Waals surface area contributed by atoms with Crippen molar-refractivity contribution in [1.29, 1.82) is 0 Å². The molecule has 1 aliphatic rings. The van der Waals surface area contributed by atoms with E-state index >= 15 is 0 Å². The van der Waals surface area contributed by atoms with Gasteiger partial charge in [0.15, 0.2) is 0 Å². The first-order chi connectivity index (χ1) is 7.18. The Morgan fingerprint density at radius 1 is 1.33 bits per heavy atom. The summed E-state index contributed by atoms with van der Waals surface area (Å²) in [7, 11) is 0. The highest BCUT2D eigenvalue weighted by molar-refractivity contribution is 6.31. The van der Waals surface area contributed by atoms with E-state index < -0.39 is 5.97 Å². The smallest absolute Gasteiger partial charge is 0.337 e. The lowest BCUT2D eigenvalue weighted by atomic mass is 10.1. The fourth-order valence-corrected chi connectivity index (χ4v) is 1.79. The number of hydrogen-bond donors (Lipinski definition) is 1. The zero-order valence-corrected chi connectivity index (χ0v) is 8.74. The summed E-state index contributed by atoms with van der Waals surface area (Å²) >= 11 is 5.86. The van der Waals surface area contributed by atoms with Gasteiger partial charge in [-0.3, -0.25) is 0 Å². The highest BCUT2D eigenvalue weighted by Gasteiger charge is 2.16. The fourth-order valence-electron chi connectivity index (χ4n) is 1.62. The highest BCUT2D eigenvalue weighted by atomic mass is 35.5. The Morgan fingerprint density at radius 2 is 2.00 bits per heavy atom. The van der Waals surface area contributed by atoms with E-state index in [-0.39, 0.29) is 0 Å². The number of hydrogen-bond acceptors (Lipinski definition) is 2. The summed E-state index contributed by atoms with van der Waals surface area (Å²) in [5.74, 6) is -0.923. The van der Waals surface area contributed by atoms with Crippen molar-refractivity contribution in [3.8, 4) is 0 Å². The third kappa shape index (κ3) is 1.97. The topological polar surface area (TPSA) is 40.5 Å². The summed E-state index contributed by atoms with van der Waals surface area (Å²) in [6.07, 6.45) is 4.01. The molecule has 0 bridgehead atoms. The predicted molar refractivity (Wildman–Crippen MR) is 59.8 cm³/mol. The van der Waals surface area contributed by atoms with E-state index in [1.807, 2.05) is 17.1 Å². The van der Waals surface area contributed by atoms with Gasteiger partial charge < -0.3 is 10.0 Å². The second kappa shape index (κ2) is 3.95. The molecule has 0 saturated carbocycles. The van der Waals surface area contributed by atoms with E-state index in [0.717, 1.165) is 13.1 Å². The van der Waals surface area contributed by atoms with Gasteiger partial charge in [0.05, 0.1) is 11.3 Å². The van der Waals surface area contributed by atoms with Crippen LogP contribution in [0.1, 0.15) is 10.4 Å². The van der Waals surface area contributed by atoms with Crippen molar-refractivity contribution in [2.45, 2.75) is 0 Å². The Hall–Kier alpha value is -1.48. The third-order valence-corrected chi connectivity index (χ3v) is 2.58. The van der Waals surface area contributed by atoms with E-state index in [1.54, 1.807) is 18.2 Å². The molecular formula is C11H10ClNO2. The molecule has 0 amide bonds. The summed E-state index contributed by atoms with van der Waals surface area (Å²) in [5, 5.41) is 9.58. The molecule has 1 aromatic rings. The Morgan fingerprint density at radius 3 is 2.60 bits per heavy atom. The summed E-state index contributed by atoms with van der Waals surface area (Å²) in [6, 6.07) is 4.83. The van der Waals surface area contributed by atoms with Crippen molar-refractivity contribution in [2.75, 3.05) is 18.0 Å². The monoisotopic (exact) mass is 223 g/mol. The van der Waals surface area contributed by atoms with Crippen LogP contribution in [0.5, 0.6) is 0 Å². The number of carbonyl (C=O) groups is 1. The zero-order valence-electron chi connectivity index (χ0n) is 7.98. The molecule has 1 aliphatic heterocycles. The maximum Gasteiger partial charge on any atom is 0.337 e. The Bertz CT molecular complexity index is 421. The molecule has 3 nitrogen and oxygen atoms in total. The average molecular weight is 224 g/mol. The van der Waals surface area contributed by atoms with E-state index in [4.69, 9.17) is 16.7 Å². The number of anilines is 1. The van der Waals surface area contributed by atoms with Crippen molar-refractivity contribution >= 4 is 23.3 Å². The maximum absolute atomic E-state index is 11.0. The van der Waals surface area contributed by atoms with Crippen LogP contribution in [-0.4, -0.2) is 24.2 Å².